The van der Waals surface area contributed by atoms with Gasteiger partial charge in [0.05, 0.1) is 13.7 Å². The highest BCUT2D eigenvalue weighted by atomic mass is 16.5. The molecular formula is C30H30N2O5. The Labute approximate surface area is 216 Å². The van der Waals surface area contributed by atoms with Crippen molar-refractivity contribution in [3.63, 3.8) is 0 Å². The van der Waals surface area contributed by atoms with Crippen LogP contribution in [0.5, 0.6) is 11.5 Å². The zero-order valence-corrected chi connectivity index (χ0v) is 20.8. The molecule has 190 valence electrons. The molecule has 0 bridgehead atoms. The lowest BCUT2D eigenvalue weighted by Crippen LogP contribution is -2.55. The Kier molecular flexibility index (Phi) is 6.97. The van der Waals surface area contributed by atoms with Crippen molar-refractivity contribution in [1.29, 1.82) is 0 Å². The highest BCUT2D eigenvalue weighted by Crippen LogP contribution is 2.48. The molecule has 1 spiro atoms. The van der Waals surface area contributed by atoms with Gasteiger partial charge < -0.3 is 24.2 Å². The van der Waals surface area contributed by atoms with Crippen molar-refractivity contribution in [2.24, 2.45) is 4.99 Å². The zero-order valence-electron chi connectivity index (χ0n) is 20.8. The summed E-state index contributed by atoms with van der Waals surface area (Å²) in [5.41, 5.74) is 2.28. The van der Waals surface area contributed by atoms with E-state index in [0.29, 0.717) is 43.4 Å². The van der Waals surface area contributed by atoms with E-state index in [2.05, 4.69) is 6.58 Å². The van der Waals surface area contributed by atoms with Gasteiger partial charge in [-0.3, -0.25) is 4.79 Å². The summed E-state index contributed by atoms with van der Waals surface area (Å²) in [7, 11) is 1.62. The van der Waals surface area contributed by atoms with Crippen LogP contribution in [0, 0.1) is 0 Å². The molecule has 5 rings (SSSR count). The van der Waals surface area contributed by atoms with E-state index in [4.69, 9.17) is 24.3 Å². The van der Waals surface area contributed by atoms with E-state index in [9.17, 15) is 4.79 Å². The smallest absolute Gasteiger partial charge is 0.259 e. The topological polar surface area (TPSA) is 80.6 Å². The van der Waals surface area contributed by atoms with Gasteiger partial charge in [0.1, 0.15) is 11.5 Å². The molecule has 0 fully saturated rings. The number of aliphatic imine (C=N–C) groups is 1. The number of aliphatic hydroxyl groups excluding tert-OH is 1. The molecule has 0 aromatic heterocycles. The van der Waals surface area contributed by atoms with Gasteiger partial charge in [-0.1, -0.05) is 36.4 Å². The first-order chi connectivity index (χ1) is 18.1. The summed E-state index contributed by atoms with van der Waals surface area (Å²) in [6.45, 7) is 4.75. The van der Waals surface area contributed by atoms with Crippen LogP contribution in [-0.4, -0.2) is 49.3 Å². The number of methoxy groups -OCH3 is 1. The zero-order chi connectivity index (χ0) is 25.8. The molecule has 0 aliphatic carbocycles. The van der Waals surface area contributed by atoms with Gasteiger partial charge in [-0.25, -0.2) is 4.99 Å². The lowest BCUT2D eigenvalue weighted by atomic mass is 9.78. The van der Waals surface area contributed by atoms with Crippen molar-refractivity contribution < 1.29 is 24.1 Å². The molecule has 7 heteroatoms. The van der Waals surface area contributed by atoms with Gasteiger partial charge in [0, 0.05) is 37.2 Å². The van der Waals surface area contributed by atoms with Gasteiger partial charge in [-0.05, 0) is 53.6 Å². The second-order valence-electron chi connectivity index (χ2n) is 9.08. The number of carbonyl (C=O) groups excluding carboxylic acids is 1. The van der Waals surface area contributed by atoms with E-state index in [-0.39, 0.29) is 12.5 Å². The Bertz CT molecular complexity index is 1320. The Balaban J connectivity index is 1.58. The number of carbonyl (C=O) groups is 1. The Hall–Kier alpha value is -4.10. The van der Waals surface area contributed by atoms with Crippen LogP contribution in [0.4, 0.5) is 5.69 Å². The number of anilines is 1. The van der Waals surface area contributed by atoms with Crippen molar-refractivity contribution in [3.8, 4) is 11.5 Å². The number of amides is 1. The monoisotopic (exact) mass is 498 g/mol. The van der Waals surface area contributed by atoms with Crippen LogP contribution in [0.1, 0.15) is 29.2 Å². The number of hydrogen-bond acceptors (Lipinski definition) is 6. The van der Waals surface area contributed by atoms with Crippen LogP contribution in [0.15, 0.2) is 90.4 Å². The first-order valence-electron chi connectivity index (χ1n) is 12.3. The average molecular weight is 499 g/mol. The maximum atomic E-state index is 14.2. The summed E-state index contributed by atoms with van der Waals surface area (Å²) in [5, 5.41) is 8.98. The molecule has 2 atom stereocenters. The van der Waals surface area contributed by atoms with E-state index < -0.39 is 11.6 Å². The van der Waals surface area contributed by atoms with E-state index in [1.54, 1.807) is 18.1 Å². The second-order valence-corrected chi connectivity index (χ2v) is 9.08. The summed E-state index contributed by atoms with van der Waals surface area (Å²) >= 11 is 0. The number of para-hydroxylation sites is 1. The quantitative estimate of drug-likeness (QED) is 0.347. The Morgan fingerprint density at radius 2 is 1.95 bits per heavy atom. The fourth-order valence-corrected chi connectivity index (χ4v) is 4.94. The predicted molar refractivity (Wildman–Crippen MR) is 142 cm³/mol. The third-order valence-electron chi connectivity index (χ3n) is 6.70. The van der Waals surface area contributed by atoms with Gasteiger partial charge in [0.2, 0.25) is 5.90 Å². The summed E-state index contributed by atoms with van der Waals surface area (Å²) < 4.78 is 17.7. The van der Waals surface area contributed by atoms with Crippen LogP contribution in [0.25, 0.3) is 0 Å². The van der Waals surface area contributed by atoms with Crippen molar-refractivity contribution >= 4 is 17.5 Å². The summed E-state index contributed by atoms with van der Waals surface area (Å²) in [5.74, 6) is 1.65. The number of fused-ring (bicyclic) bond motifs is 1. The minimum Gasteiger partial charge on any atom is -0.497 e. The van der Waals surface area contributed by atoms with Crippen molar-refractivity contribution in [2.75, 3.05) is 31.8 Å². The van der Waals surface area contributed by atoms with Crippen LogP contribution in [0.3, 0.4) is 0 Å². The maximum Gasteiger partial charge on any atom is 0.259 e. The third kappa shape index (κ3) is 4.58. The van der Waals surface area contributed by atoms with Gasteiger partial charge in [-0.2, -0.15) is 0 Å². The fraction of sp³-hybridized carbons (Fsp3) is 0.267. The molecule has 0 radical (unpaired) electrons. The van der Waals surface area contributed by atoms with E-state index in [1.165, 1.54) is 0 Å². The first kappa shape index (κ1) is 24.6. The highest BCUT2D eigenvalue weighted by Gasteiger charge is 2.57. The Morgan fingerprint density at radius 1 is 1.14 bits per heavy atom. The van der Waals surface area contributed by atoms with Gasteiger partial charge >= 0.3 is 0 Å². The molecule has 7 nitrogen and oxygen atoms in total. The lowest BCUT2D eigenvalue weighted by Gasteiger charge is -2.40. The molecule has 3 aromatic carbocycles. The van der Waals surface area contributed by atoms with Crippen LogP contribution < -0.4 is 14.4 Å². The molecule has 2 aliphatic heterocycles. The molecule has 0 saturated heterocycles. The Morgan fingerprint density at radius 3 is 2.70 bits per heavy atom. The number of nitrogens with zero attached hydrogens (tertiary/aromatic N) is 2. The summed E-state index contributed by atoms with van der Waals surface area (Å²) in [6.07, 6.45) is 2.05. The highest BCUT2D eigenvalue weighted by molar-refractivity contribution is 6.08. The molecule has 0 saturated carbocycles. The number of aliphatic hydroxyl groups is 1. The fourth-order valence-electron chi connectivity index (χ4n) is 4.94. The van der Waals surface area contributed by atoms with Crippen molar-refractivity contribution in [1.82, 2.24) is 0 Å². The minimum absolute atomic E-state index is 0.0799. The van der Waals surface area contributed by atoms with Gasteiger partial charge in [0.15, 0.2) is 11.6 Å². The predicted octanol–water partition coefficient (Wildman–Crippen LogP) is 4.49. The lowest BCUT2D eigenvalue weighted by molar-refractivity contribution is -0.126. The maximum absolute atomic E-state index is 14.2. The number of hydrogen-bond donors (Lipinski definition) is 1. The van der Waals surface area contributed by atoms with E-state index in [0.717, 1.165) is 22.4 Å². The molecule has 2 aliphatic rings. The van der Waals surface area contributed by atoms with E-state index in [1.807, 2.05) is 72.8 Å². The second kappa shape index (κ2) is 10.5. The normalized spacial score (nSPS) is 20.3. The van der Waals surface area contributed by atoms with Crippen molar-refractivity contribution in [3.05, 3.63) is 102 Å². The molecular weight excluding hydrogens is 468 g/mol. The molecule has 1 N–H and O–H groups in total. The molecule has 37 heavy (non-hydrogen) atoms. The standard InChI is InChI=1S/C30H30N2O5/c1-3-16-32-26-11-5-4-8-23(26)20-30(29(32)34)27(22-9-6-10-25(19-22)35-2)37-28(31-30)21-12-14-24(15-13-21)36-18-7-17-33/h3-6,8-15,19,27,33H,1,7,16-18,20H2,2H3/t27-,30-/m1/s1. The largest absolute Gasteiger partial charge is 0.497 e. The number of rotatable bonds is 9. The van der Waals surface area contributed by atoms with E-state index >= 15 is 0 Å². The SMILES string of the molecule is C=CCN1C(=O)[C@]2(Cc3ccccc31)N=C(c1ccc(OCCCO)cc1)O[C@@H]2c1cccc(OC)c1. The molecule has 2 heterocycles. The van der Waals surface area contributed by atoms with Crippen LogP contribution >= 0.6 is 0 Å². The first-order valence-corrected chi connectivity index (χ1v) is 12.3. The van der Waals surface area contributed by atoms with Gasteiger partial charge in [0.25, 0.3) is 5.91 Å². The molecule has 1 amide bonds. The molecule has 0 unspecified atom stereocenters. The molecule has 3 aromatic rings. The van der Waals surface area contributed by atoms with Crippen LogP contribution in [-0.2, 0) is 16.0 Å². The third-order valence-corrected chi connectivity index (χ3v) is 6.70. The number of benzene rings is 3. The minimum atomic E-state index is -1.19. The van der Waals surface area contributed by atoms with Crippen molar-refractivity contribution in [2.45, 2.75) is 24.5 Å². The van der Waals surface area contributed by atoms with Crippen LogP contribution in [0.2, 0.25) is 0 Å². The van der Waals surface area contributed by atoms with Gasteiger partial charge in [-0.15, -0.1) is 6.58 Å². The summed E-state index contributed by atoms with van der Waals surface area (Å²) in [4.78, 5) is 21.0. The average Bonchev–Trinajstić information content (AvgIpc) is 3.32. The number of ether oxygens (including phenoxy) is 3. The summed E-state index contributed by atoms with van der Waals surface area (Å²) in [6, 6.07) is 22.9.